The van der Waals surface area contributed by atoms with Gasteiger partial charge in [-0.05, 0) is 36.2 Å². The third kappa shape index (κ3) is 4.17. The van der Waals surface area contributed by atoms with Crippen molar-refractivity contribution in [3.8, 4) is 6.07 Å². The molecular formula is C19H16ClN3O2. The highest BCUT2D eigenvalue weighted by molar-refractivity contribution is 6.30. The largest absolute Gasteiger partial charge is 0.352 e. The minimum Gasteiger partial charge on any atom is -0.352 e. The lowest BCUT2D eigenvalue weighted by atomic mass is 10.2. The van der Waals surface area contributed by atoms with Crippen LogP contribution >= 0.6 is 11.6 Å². The number of benzene rings is 2. The molecule has 0 heterocycles. The predicted octanol–water partition coefficient (Wildman–Crippen LogP) is 3.10. The van der Waals surface area contributed by atoms with E-state index in [1.54, 1.807) is 36.4 Å². The summed E-state index contributed by atoms with van der Waals surface area (Å²) in [6.07, 6.45) is 0.521. The number of hydrogen-bond acceptors (Lipinski definition) is 3. The summed E-state index contributed by atoms with van der Waals surface area (Å²) in [6.45, 7) is 0.401. The molecule has 2 amide bonds. The molecule has 0 radical (unpaired) electrons. The van der Waals surface area contributed by atoms with Gasteiger partial charge in [0.05, 0.1) is 23.1 Å². The summed E-state index contributed by atoms with van der Waals surface area (Å²) in [5.74, 6) is -1.03. The van der Waals surface area contributed by atoms with E-state index >= 15 is 0 Å². The average molecular weight is 354 g/mol. The SMILES string of the molecule is N#Cc1ccccc1NC(=O)C1CC1C(=O)NCc1ccc(Cl)cc1. The fourth-order valence-corrected chi connectivity index (χ4v) is 2.74. The fourth-order valence-electron chi connectivity index (χ4n) is 2.61. The van der Waals surface area contributed by atoms with Gasteiger partial charge < -0.3 is 10.6 Å². The zero-order valence-electron chi connectivity index (χ0n) is 13.3. The van der Waals surface area contributed by atoms with Crippen LogP contribution in [0.1, 0.15) is 17.5 Å². The van der Waals surface area contributed by atoms with Crippen molar-refractivity contribution in [2.24, 2.45) is 11.8 Å². The average Bonchev–Trinajstić information content (AvgIpc) is 3.42. The number of nitriles is 1. The monoisotopic (exact) mass is 353 g/mol. The quantitative estimate of drug-likeness (QED) is 0.866. The number of para-hydroxylation sites is 1. The Labute approximate surface area is 150 Å². The summed E-state index contributed by atoms with van der Waals surface area (Å²) >= 11 is 5.82. The smallest absolute Gasteiger partial charge is 0.228 e. The van der Waals surface area contributed by atoms with E-state index in [4.69, 9.17) is 16.9 Å². The van der Waals surface area contributed by atoms with E-state index < -0.39 is 0 Å². The van der Waals surface area contributed by atoms with Crippen molar-refractivity contribution in [1.82, 2.24) is 5.32 Å². The molecule has 0 spiro atoms. The van der Waals surface area contributed by atoms with Crippen molar-refractivity contribution in [3.05, 3.63) is 64.7 Å². The molecule has 2 N–H and O–H groups in total. The van der Waals surface area contributed by atoms with Gasteiger partial charge in [-0.15, -0.1) is 0 Å². The van der Waals surface area contributed by atoms with Crippen LogP contribution in [-0.2, 0) is 16.1 Å². The fraction of sp³-hybridized carbons (Fsp3) is 0.211. The molecule has 126 valence electrons. The van der Waals surface area contributed by atoms with Crippen LogP contribution in [0, 0.1) is 23.2 Å². The minimum absolute atomic E-state index is 0.135. The molecule has 2 aromatic rings. The first-order valence-corrected chi connectivity index (χ1v) is 8.28. The van der Waals surface area contributed by atoms with Crippen LogP contribution in [-0.4, -0.2) is 11.8 Å². The summed E-state index contributed by atoms with van der Waals surface area (Å²) in [5, 5.41) is 15.3. The van der Waals surface area contributed by atoms with Crippen LogP contribution in [0.5, 0.6) is 0 Å². The van der Waals surface area contributed by atoms with Gasteiger partial charge >= 0.3 is 0 Å². The molecule has 1 saturated carbocycles. The Bertz CT molecular complexity index is 842. The van der Waals surface area contributed by atoms with Crippen molar-refractivity contribution in [1.29, 1.82) is 5.26 Å². The highest BCUT2D eigenvalue weighted by atomic mass is 35.5. The van der Waals surface area contributed by atoms with Gasteiger partial charge in [-0.3, -0.25) is 9.59 Å². The molecule has 6 heteroatoms. The number of rotatable bonds is 5. The first kappa shape index (κ1) is 17.0. The standard InChI is InChI=1S/C19H16ClN3O2/c20-14-7-5-12(6-8-14)11-22-18(24)15-9-16(15)19(25)23-17-4-2-1-3-13(17)10-21/h1-8,15-16H,9,11H2,(H,22,24)(H,23,25). The van der Waals surface area contributed by atoms with Crippen LogP contribution in [0.15, 0.2) is 48.5 Å². The molecule has 2 unspecified atom stereocenters. The lowest BCUT2D eigenvalue weighted by Crippen LogP contribution is -2.27. The molecule has 1 fully saturated rings. The molecule has 0 aromatic heterocycles. The van der Waals surface area contributed by atoms with E-state index in [1.807, 2.05) is 18.2 Å². The van der Waals surface area contributed by atoms with Gasteiger partial charge in [0.2, 0.25) is 11.8 Å². The molecule has 0 bridgehead atoms. The number of carbonyl (C=O) groups excluding carboxylic acids is 2. The van der Waals surface area contributed by atoms with Gasteiger partial charge in [0, 0.05) is 11.6 Å². The maximum atomic E-state index is 12.3. The molecular weight excluding hydrogens is 338 g/mol. The van der Waals surface area contributed by atoms with E-state index in [-0.39, 0.29) is 23.7 Å². The van der Waals surface area contributed by atoms with Gasteiger partial charge in [0.25, 0.3) is 0 Å². The number of halogens is 1. The molecule has 3 rings (SSSR count). The normalized spacial score (nSPS) is 18.1. The lowest BCUT2D eigenvalue weighted by molar-refractivity contribution is -0.125. The zero-order valence-corrected chi connectivity index (χ0v) is 14.1. The first-order valence-electron chi connectivity index (χ1n) is 7.90. The van der Waals surface area contributed by atoms with Crippen molar-refractivity contribution in [2.75, 3.05) is 5.32 Å². The second-order valence-electron chi connectivity index (χ2n) is 5.94. The number of nitrogens with zero attached hydrogens (tertiary/aromatic N) is 1. The van der Waals surface area contributed by atoms with E-state index in [0.29, 0.717) is 29.2 Å². The first-order chi connectivity index (χ1) is 12.1. The molecule has 1 aliphatic carbocycles. The number of anilines is 1. The molecule has 0 saturated heterocycles. The van der Waals surface area contributed by atoms with Gasteiger partial charge in [0.15, 0.2) is 0 Å². The molecule has 1 aliphatic rings. The minimum atomic E-state index is -0.350. The summed E-state index contributed by atoms with van der Waals surface area (Å²) in [7, 11) is 0. The van der Waals surface area contributed by atoms with Crippen LogP contribution in [0.3, 0.4) is 0 Å². The van der Waals surface area contributed by atoms with Crippen molar-refractivity contribution in [3.63, 3.8) is 0 Å². The predicted molar refractivity (Wildman–Crippen MR) is 94.7 cm³/mol. The Hall–Kier alpha value is -2.84. The number of hydrogen-bond donors (Lipinski definition) is 2. The van der Waals surface area contributed by atoms with Gasteiger partial charge in [-0.25, -0.2) is 0 Å². The topological polar surface area (TPSA) is 82.0 Å². The van der Waals surface area contributed by atoms with Gasteiger partial charge in [-0.2, -0.15) is 5.26 Å². The summed E-state index contributed by atoms with van der Waals surface area (Å²) in [4.78, 5) is 24.4. The van der Waals surface area contributed by atoms with Gasteiger partial charge in [0.1, 0.15) is 6.07 Å². The lowest BCUT2D eigenvalue weighted by Gasteiger charge is -2.07. The third-order valence-corrected chi connectivity index (χ3v) is 4.40. The highest BCUT2D eigenvalue weighted by Crippen LogP contribution is 2.39. The zero-order chi connectivity index (χ0) is 17.8. The molecule has 25 heavy (non-hydrogen) atoms. The van der Waals surface area contributed by atoms with Crippen molar-refractivity contribution in [2.45, 2.75) is 13.0 Å². The Morgan fingerprint density at radius 2 is 1.76 bits per heavy atom. The maximum Gasteiger partial charge on any atom is 0.228 e. The summed E-state index contributed by atoms with van der Waals surface area (Å²) in [6, 6.07) is 16.1. The molecule has 2 atom stereocenters. The van der Waals surface area contributed by atoms with E-state index in [0.717, 1.165) is 5.56 Å². The van der Waals surface area contributed by atoms with Crippen molar-refractivity contribution >= 4 is 29.1 Å². The van der Waals surface area contributed by atoms with Gasteiger partial charge in [-0.1, -0.05) is 35.9 Å². The molecule has 2 aromatic carbocycles. The van der Waals surface area contributed by atoms with Crippen LogP contribution in [0.2, 0.25) is 5.02 Å². The number of carbonyl (C=O) groups is 2. The Balaban J connectivity index is 1.51. The second-order valence-corrected chi connectivity index (χ2v) is 6.38. The third-order valence-electron chi connectivity index (χ3n) is 4.15. The van der Waals surface area contributed by atoms with Crippen molar-refractivity contribution < 1.29 is 9.59 Å². The Morgan fingerprint density at radius 3 is 2.48 bits per heavy atom. The van der Waals surface area contributed by atoms with Crippen LogP contribution < -0.4 is 10.6 Å². The van der Waals surface area contributed by atoms with E-state index in [9.17, 15) is 9.59 Å². The molecule has 0 aliphatic heterocycles. The number of amides is 2. The highest BCUT2D eigenvalue weighted by Gasteiger charge is 2.48. The Morgan fingerprint density at radius 1 is 1.08 bits per heavy atom. The second kappa shape index (κ2) is 7.37. The van der Waals surface area contributed by atoms with Crippen LogP contribution in [0.4, 0.5) is 5.69 Å². The maximum absolute atomic E-state index is 12.3. The van der Waals surface area contributed by atoms with E-state index in [2.05, 4.69) is 10.6 Å². The van der Waals surface area contributed by atoms with Crippen LogP contribution in [0.25, 0.3) is 0 Å². The summed E-state index contributed by atoms with van der Waals surface area (Å²) in [5.41, 5.74) is 1.82. The Kier molecular flexibility index (Phi) is 5.01. The van der Waals surface area contributed by atoms with E-state index in [1.165, 1.54) is 0 Å². The molecule has 5 nitrogen and oxygen atoms in total. The summed E-state index contributed by atoms with van der Waals surface area (Å²) < 4.78 is 0. The number of nitrogens with one attached hydrogen (secondary N) is 2.